The van der Waals surface area contributed by atoms with E-state index in [0.717, 1.165) is 26.0 Å². The lowest BCUT2D eigenvalue weighted by molar-refractivity contribution is -0.109. The predicted molar refractivity (Wildman–Crippen MR) is 73.6 cm³/mol. The molecule has 2 unspecified atom stereocenters. The number of rotatable bonds is 4. The third kappa shape index (κ3) is 3.69. The fourth-order valence-corrected chi connectivity index (χ4v) is 3.27. The molecule has 2 fully saturated rings. The van der Waals surface area contributed by atoms with E-state index in [2.05, 4.69) is 19.2 Å². The summed E-state index contributed by atoms with van der Waals surface area (Å²) in [4.78, 5) is 0. The molecule has 3 nitrogen and oxygen atoms in total. The molecule has 0 aromatic carbocycles. The largest absolute Gasteiger partial charge is 0.392 e. The van der Waals surface area contributed by atoms with Crippen LogP contribution in [0.1, 0.15) is 58.8 Å². The minimum absolute atomic E-state index is 0.164. The number of aliphatic hydroxyl groups excluding tert-OH is 1. The molecule has 1 saturated carbocycles. The van der Waals surface area contributed by atoms with Crippen molar-refractivity contribution in [2.45, 2.75) is 76.5 Å². The summed E-state index contributed by atoms with van der Waals surface area (Å²) in [5.74, 6) is 0.334. The van der Waals surface area contributed by atoms with Crippen LogP contribution in [0.15, 0.2) is 0 Å². The highest BCUT2D eigenvalue weighted by atomic mass is 16.5. The Bertz CT molecular complexity index is 243. The molecular weight excluding hydrogens is 226 g/mol. The second kappa shape index (κ2) is 6.36. The first kappa shape index (κ1) is 14.3. The number of nitrogens with one attached hydrogen (secondary N) is 1. The zero-order valence-electron chi connectivity index (χ0n) is 12.0. The van der Waals surface area contributed by atoms with E-state index in [1.165, 1.54) is 32.1 Å². The molecule has 18 heavy (non-hydrogen) atoms. The van der Waals surface area contributed by atoms with E-state index in [-0.39, 0.29) is 11.7 Å². The van der Waals surface area contributed by atoms with Gasteiger partial charge in [-0.25, -0.2) is 0 Å². The summed E-state index contributed by atoms with van der Waals surface area (Å²) in [6.45, 7) is 5.74. The van der Waals surface area contributed by atoms with Crippen LogP contribution in [0.3, 0.4) is 0 Å². The SMILES string of the molecule is CC(C)C(O)CNC1CCOC2(CCCCC2)C1. The monoisotopic (exact) mass is 255 g/mol. The van der Waals surface area contributed by atoms with Crippen molar-refractivity contribution in [2.75, 3.05) is 13.2 Å². The molecule has 0 amide bonds. The van der Waals surface area contributed by atoms with Gasteiger partial charge in [-0.15, -0.1) is 0 Å². The van der Waals surface area contributed by atoms with Gasteiger partial charge in [-0.3, -0.25) is 0 Å². The summed E-state index contributed by atoms with van der Waals surface area (Å²) in [5.41, 5.74) is 0.164. The molecule has 1 aliphatic carbocycles. The van der Waals surface area contributed by atoms with E-state index in [9.17, 15) is 5.11 Å². The Kier molecular flexibility index (Phi) is 5.05. The zero-order valence-corrected chi connectivity index (χ0v) is 12.0. The average Bonchev–Trinajstić information content (AvgIpc) is 2.37. The highest BCUT2D eigenvalue weighted by Gasteiger charge is 2.38. The fourth-order valence-electron chi connectivity index (χ4n) is 3.27. The van der Waals surface area contributed by atoms with Gasteiger partial charge in [0.2, 0.25) is 0 Å². The first-order valence-electron chi connectivity index (χ1n) is 7.67. The van der Waals surface area contributed by atoms with Crippen LogP contribution in [-0.4, -0.2) is 36.0 Å². The van der Waals surface area contributed by atoms with Crippen LogP contribution in [-0.2, 0) is 4.74 Å². The van der Waals surface area contributed by atoms with Crippen LogP contribution in [0, 0.1) is 5.92 Å². The average molecular weight is 255 g/mol. The highest BCUT2D eigenvalue weighted by molar-refractivity contribution is 4.92. The number of hydrogen-bond donors (Lipinski definition) is 2. The van der Waals surface area contributed by atoms with E-state index in [4.69, 9.17) is 4.74 Å². The summed E-state index contributed by atoms with van der Waals surface area (Å²) in [6.07, 6.45) is 8.48. The summed E-state index contributed by atoms with van der Waals surface area (Å²) >= 11 is 0. The molecular formula is C15H29NO2. The van der Waals surface area contributed by atoms with E-state index in [1.54, 1.807) is 0 Å². The Morgan fingerprint density at radius 3 is 2.67 bits per heavy atom. The third-order valence-corrected chi connectivity index (χ3v) is 4.64. The maximum atomic E-state index is 9.87. The lowest BCUT2D eigenvalue weighted by Crippen LogP contribution is -2.49. The Hall–Kier alpha value is -0.120. The van der Waals surface area contributed by atoms with Gasteiger partial charge in [0, 0.05) is 19.2 Å². The molecule has 0 radical (unpaired) electrons. The molecule has 0 aromatic heterocycles. The molecule has 2 N–H and O–H groups in total. The molecule has 106 valence electrons. The smallest absolute Gasteiger partial charge is 0.0697 e. The molecule has 0 bridgehead atoms. The van der Waals surface area contributed by atoms with Gasteiger partial charge in [0.25, 0.3) is 0 Å². The Labute approximate surface area is 111 Å². The summed E-state index contributed by atoms with van der Waals surface area (Å²) in [5, 5.41) is 13.4. The summed E-state index contributed by atoms with van der Waals surface area (Å²) in [7, 11) is 0. The van der Waals surface area contributed by atoms with Crippen LogP contribution in [0.2, 0.25) is 0 Å². The van der Waals surface area contributed by atoms with Crippen molar-refractivity contribution in [3.63, 3.8) is 0 Å². The standard InChI is InChI=1S/C15H29NO2/c1-12(2)14(17)11-16-13-6-9-18-15(10-13)7-4-3-5-8-15/h12-14,16-17H,3-11H2,1-2H3. The molecule has 2 rings (SSSR count). The topological polar surface area (TPSA) is 41.5 Å². The number of aliphatic hydroxyl groups is 1. The third-order valence-electron chi connectivity index (χ3n) is 4.64. The van der Waals surface area contributed by atoms with E-state index in [0.29, 0.717) is 12.0 Å². The first-order chi connectivity index (χ1) is 8.61. The summed E-state index contributed by atoms with van der Waals surface area (Å²) in [6, 6.07) is 0.533. The maximum absolute atomic E-state index is 9.87. The van der Waals surface area contributed by atoms with E-state index >= 15 is 0 Å². The quantitative estimate of drug-likeness (QED) is 0.811. The Balaban J connectivity index is 1.79. The molecule has 1 spiro atoms. The molecule has 3 heteroatoms. The van der Waals surface area contributed by atoms with Gasteiger partial charge in [0.05, 0.1) is 11.7 Å². The second-order valence-electron chi connectivity index (χ2n) is 6.50. The minimum atomic E-state index is -0.227. The molecule has 1 heterocycles. The van der Waals surface area contributed by atoms with Gasteiger partial charge in [-0.2, -0.15) is 0 Å². The first-order valence-corrected chi connectivity index (χ1v) is 7.67. The van der Waals surface area contributed by atoms with Crippen molar-refractivity contribution in [3.8, 4) is 0 Å². The van der Waals surface area contributed by atoms with Crippen LogP contribution < -0.4 is 5.32 Å². The van der Waals surface area contributed by atoms with Gasteiger partial charge in [-0.05, 0) is 31.6 Å². The van der Waals surface area contributed by atoms with Crippen molar-refractivity contribution in [1.29, 1.82) is 0 Å². The van der Waals surface area contributed by atoms with E-state index < -0.39 is 0 Å². The number of hydrogen-bond acceptors (Lipinski definition) is 3. The van der Waals surface area contributed by atoms with Gasteiger partial charge < -0.3 is 15.2 Å². The zero-order chi connectivity index (χ0) is 13.0. The molecule has 0 aromatic rings. The molecule has 1 aliphatic heterocycles. The van der Waals surface area contributed by atoms with Gasteiger partial charge in [-0.1, -0.05) is 33.1 Å². The lowest BCUT2D eigenvalue weighted by atomic mass is 9.78. The van der Waals surface area contributed by atoms with Crippen LogP contribution in [0.25, 0.3) is 0 Å². The van der Waals surface area contributed by atoms with E-state index in [1.807, 2.05) is 0 Å². The van der Waals surface area contributed by atoms with Crippen molar-refractivity contribution in [3.05, 3.63) is 0 Å². The van der Waals surface area contributed by atoms with Crippen molar-refractivity contribution in [2.24, 2.45) is 5.92 Å². The van der Waals surface area contributed by atoms with Crippen LogP contribution >= 0.6 is 0 Å². The van der Waals surface area contributed by atoms with Crippen LogP contribution in [0.4, 0.5) is 0 Å². The van der Waals surface area contributed by atoms with Gasteiger partial charge in [0.15, 0.2) is 0 Å². The molecule has 2 atom stereocenters. The molecule has 2 aliphatic rings. The highest BCUT2D eigenvalue weighted by Crippen LogP contribution is 2.38. The van der Waals surface area contributed by atoms with Gasteiger partial charge in [0.1, 0.15) is 0 Å². The van der Waals surface area contributed by atoms with Crippen molar-refractivity contribution >= 4 is 0 Å². The van der Waals surface area contributed by atoms with Gasteiger partial charge >= 0.3 is 0 Å². The minimum Gasteiger partial charge on any atom is -0.392 e. The van der Waals surface area contributed by atoms with Crippen molar-refractivity contribution in [1.82, 2.24) is 5.32 Å². The predicted octanol–water partition coefficient (Wildman–Crippen LogP) is 2.47. The molecule has 1 saturated heterocycles. The Morgan fingerprint density at radius 2 is 2.00 bits per heavy atom. The second-order valence-corrected chi connectivity index (χ2v) is 6.50. The van der Waals surface area contributed by atoms with Crippen LogP contribution in [0.5, 0.6) is 0 Å². The Morgan fingerprint density at radius 1 is 1.28 bits per heavy atom. The normalized spacial score (nSPS) is 29.7. The summed E-state index contributed by atoms with van der Waals surface area (Å²) < 4.78 is 6.09. The fraction of sp³-hybridized carbons (Fsp3) is 1.00. The lowest BCUT2D eigenvalue weighted by Gasteiger charge is -2.44. The number of ether oxygens (including phenoxy) is 1. The van der Waals surface area contributed by atoms with Crippen molar-refractivity contribution < 1.29 is 9.84 Å². The maximum Gasteiger partial charge on any atom is 0.0697 e.